The first-order valence-corrected chi connectivity index (χ1v) is 10.5. The Morgan fingerprint density at radius 2 is 1.90 bits per heavy atom. The highest BCUT2D eigenvalue weighted by molar-refractivity contribution is 5.79. The molecule has 0 spiro atoms. The highest BCUT2D eigenvalue weighted by Crippen LogP contribution is 2.26. The zero-order chi connectivity index (χ0) is 20.6. The van der Waals surface area contributed by atoms with Crippen molar-refractivity contribution in [1.29, 1.82) is 0 Å². The van der Waals surface area contributed by atoms with Crippen LogP contribution in [-0.4, -0.2) is 61.2 Å². The second kappa shape index (κ2) is 10.3. The van der Waals surface area contributed by atoms with Crippen molar-refractivity contribution >= 4 is 5.96 Å². The minimum Gasteiger partial charge on any atom is -0.497 e. The maximum atomic E-state index is 5.34. The van der Waals surface area contributed by atoms with Gasteiger partial charge in [0.1, 0.15) is 5.75 Å². The number of ether oxygens (including phenoxy) is 1. The number of hydrogen-bond acceptors (Lipinski definition) is 3. The van der Waals surface area contributed by atoms with E-state index in [-0.39, 0.29) is 0 Å². The highest BCUT2D eigenvalue weighted by atomic mass is 16.5. The summed E-state index contributed by atoms with van der Waals surface area (Å²) in [5.74, 6) is 1.82. The Morgan fingerprint density at radius 3 is 2.48 bits per heavy atom. The lowest BCUT2D eigenvalue weighted by Gasteiger charge is -2.36. The minimum absolute atomic E-state index is 0.321. The summed E-state index contributed by atoms with van der Waals surface area (Å²) in [6, 6.07) is 13.0. The summed E-state index contributed by atoms with van der Waals surface area (Å²) in [5, 5.41) is 3.62. The summed E-state index contributed by atoms with van der Waals surface area (Å²) in [5.41, 5.74) is 2.58. The molecule has 2 heterocycles. The Labute approximate surface area is 175 Å². The lowest BCUT2D eigenvalue weighted by Crippen LogP contribution is -2.45. The van der Waals surface area contributed by atoms with Crippen LogP contribution in [0.15, 0.2) is 47.6 Å². The Bertz CT molecular complexity index is 777. The molecule has 2 aromatic rings. The molecule has 1 aromatic heterocycles. The lowest BCUT2D eigenvalue weighted by atomic mass is 10.0. The quantitative estimate of drug-likeness (QED) is 0.575. The summed E-state index contributed by atoms with van der Waals surface area (Å²) in [6.45, 7) is 3.95. The predicted octanol–water partition coefficient (Wildman–Crippen LogP) is 3.27. The molecule has 0 aliphatic carbocycles. The molecule has 29 heavy (non-hydrogen) atoms. The molecule has 1 saturated heterocycles. The smallest absolute Gasteiger partial charge is 0.193 e. The van der Waals surface area contributed by atoms with Gasteiger partial charge in [-0.15, -0.1) is 0 Å². The molecular weight excluding hydrogens is 362 g/mol. The summed E-state index contributed by atoms with van der Waals surface area (Å²) in [7, 11) is 7.74. The third-order valence-electron chi connectivity index (χ3n) is 5.81. The SMILES string of the molecule is CN=C(NCC(c1ccc(OC)cc1)N1CCCCC1)N(C)Cc1cccn1C. The molecule has 1 aliphatic rings. The fraction of sp³-hybridized carbons (Fsp3) is 0.522. The first kappa shape index (κ1) is 21.2. The van der Waals surface area contributed by atoms with Crippen LogP contribution >= 0.6 is 0 Å². The topological polar surface area (TPSA) is 45.0 Å². The van der Waals surface area contributed by atoms with E-state index in [0.29, 0.717) is 6.04 Å². The van der Waals surface area contributed by atoms with Gasteiger partial charge in [0.25, 0.3) is 0 Å². The van der Waals surface area contributed by atoms with E-state index in [1.807, 2.05) is 7.05 Å². The van der Waals surface area contributed by atoms with Crippen molar-refractivity contribution in [3.63, 3.8) is 0 Å². The third kappa shape index (κ3) is 5.54. The molecule has 0 bridgehead atoms. The number of methoxy groups -OCH3 is 1. The van der Waals surface area contributed by atoms with Crippen molar-refractivity contribution in [1.82, 2.24) is 19.7 Å². The number of piperidine rings is 1. The molecule has 6 heteroatoms. The minimum atomic E-state index is 0.321. The van der Waals surface area contributed by atoms with Crippen molar-refractivity contribution in [2.45, 2.75) is 31.8 Å². The molecule has 3 rings (SSSR count). The van der Waals surface area contributed by atoms with E-state index in [0.717, 1.165) is 37.9 Å². The molecule has 0 saturated carbocycles. The number of likely N-dealkylation sites (tertiary alicyclic amines) is 1. The summed E-state index contributed by atoms with van der Waals surface area (Å²) < 4.78 is 7.49. The number of hydrogen-bond donors (Lipinski definition) is 1. The van der Waals surface area contributed by atoms with Crippen LogP contribution in [0.3, 0.4) is 0 Å². The summed E-state index contributed by atoms with van der Waals surface area (Å²) in [4.78, 5) is 9.30. The first-order valence-electron chi connectivity index (χ1n) is 10.5. The fourth-order valence-corrected chi connectivity index (χ4v) is 4.07. The average Bonchev–Trinajstić information content (AvgIpc) is 3.16. The number of benzene rings is 1. The molecule has 1 aromatic carbocycles. The summed E-state index contributed by atoms with van der Waals surface area (Å²) >= 11 is 0. The van der Waals surface area contributed by atoms with Gasteiger partial charge in [-0.2, -0.15) is 0 Å². The Kier molecular flexibility index (Phi) is 7.58. The van der Waals surface area contributed by atoms with E-state index >= 15 is 0 Å². The summed E-state index contributed by atoms with van der Waals surface area (Å²) in [6.07, 6.45) is 5.96. The van der Waals surface area contributed by atoms with Gasteiger partial charge in [-0.25, -0.2) is 0 Å². The number of aromatic nitrogens is 1. The van der Waals surface area contributed by atoms with E-state index in [9.17, 15) is 0 Å². The van der Waals surface area contributed by atoms with Gasteiger partial charge in [0.15, 0.2) is 5.96 Å². The van der Waals surface area contributed by atoms with Crippen LogP contribution in [0.1, 0.15) is 36.6 Å². The molecule has 1 atom stereocenters. The standard InChI is InChI=1S/C23H35N5O/c1-24-23(27(3)18-20-9-8-14-26(20)2)25-17-22(28-15-6-5-7-16-28)19-10-12-21(29-4)13-11-19/h8-14,22H,5-7,15-18H2,1-4H3,(H,24,25). The van der Waals surface area contributed by atoms with Crippen LogP contribution in [0.5, 0.6) is 5.75 Å². The van der Waals surface area contributed by atoms with Crippen molar-refractivity contribution in [3.8, 4) is 5.75 Å². The fourth-order valence-electron chi connectivity index (χ4n) is 4.07. The van der Waals surface area contributed by atoms with Gasteiger partial charge in [-0.05, 0) is 55.8 Å². The van der Waals surface area contributed by atoms with Crippen LogP contribution < -0.4 is 10.1 Å². The molecule has 1 N–H and O–H groups in total. The van der Waals surface area contributed by atoms with E-state index in [1.165, 1.54) is 30.5 Å². The van der Waals surface area contributed by atoms with Crippen LogP contribution in [0.25, 0.3) is 0 Å². The van der Waals surface area contributed by atoms with E-state index in [4.69, 9.17) is 4.74 Å². The van der Waals surface area contributed by atoms with Crippen LogP contribution in [0.4, 0.5) is 0 Å². The van der Waals surface area contributed by atoms with Crippen LogP contribution in [0.2, 0.25) is 0 Å². The van der Waals surface area contributed by atoms with Gasteiger partial charge in [-0.3, -0.25) is 9.89 Å². The second-order valence-corrected chi connectivity index (χ2v) is 7.78. The molecule has 6 nitrogen and oxygen atoms in total. The number of aryl methyl sites for hydroxylation is 1. The third-order valence-corrected chi connectivity index (χ3v) is 5.81. The molecule has 1 fully saturated rings. The predicted molar refractivity (Wildman–Crippen MR) is 119 cm³/mol. The van der Waals surface area contributed by atoms with Crippen molar-refractivity contribution in [2.75, 3.05) is 40.8 Å². The van der Waals surface area contributed by atoms with Gasteiger partial charge in [0.2, 0.25) is 0 Å². The van der Waals surface area contributed by atoms with E-state index in [1.54, 1.807) is 7.11 Å². The van der Waals surface area contributed by atoms with E-state index < -0.39 is 0 Å². The Hall–Kier alpha value is -2.47. The highest BCUT2D eigenvalue weighted by Gasteiger charge is 2.23. The van der Waals surface area contributed by atoms with Crippen LogP contribution in [-0.2, 0) is 13.6 Å². The van der Waals surface area contributed by atoms with Gasteiger partial charge in [-0.1, -0.05) is 18.6 Å². The molecule has 0 radical (unpaired) electrons. The van der Waals surface area contributed by atoms with Gasteiger partial charge < -0.3 is 19.5 Å². The molecular formula is C23H35N5O. The number of guanidine groups is 1. The van der Waals surface area contributed by atoms with E-state index in [2.05, 4.69) is 81.4 Å². The van der Waals surface area contributed by atoms with Gasteiger partial charge in [0, 0.05) is 39.6 Å². The Morgan fingerprint density at radius 1 is 1.17 bits per heavy atom. The molecule has 158 valence electrons. The number of aliphatic imine (C=N–C) groups is 1. The number of rotatable bonds is 7. The second-order valence-electron chi connectivity index (χ2n) is 7.78. The molecule has 1 aliphatic heterocycles. The normalized spacial score (nSPS) is 16.5. The molecule has 1 unspecified atom stereocenters. The zero-order valence-corrected chi connectivity index (χ0v) is 18.3. The monoisotopic (exact) mass is 397 g/mol. The van der Waals surface area contributed by atoms with Gasteiger partial charge in [0.05, 0.1) is 19.7 Å². The lowest BCUT2D eigenvalue weighted by molar-refractivity contribution is 0.163. The largest absolute Gasteiger partial charge is 0.497 e. The van der Waals surface area contributed by atoms with Crippen LogP contribution in [0, 0.1) is 0 Å². The number of nitrogens with zero attached hydrogens (tertiary/aromatic N) is 4. The molecule has 0 amide bonds. The maximum absolute atomic E-state index is 5.34. The first-order chi connectivity index (χ1) is 14.1. The number of nitrogens with one attached hydrogen (secondary N) is 1. The Balaban J connectivity index is 1.69. The van der Waals surface area contributed by atoms with Crippen molar-refractivity contribution in [3.05, 3.63) is 53.9 Å². The van der Waals surface area contributed by atoms with Gasteiger partial charge >= 0.3 is 0 Å². The maximum Gasteiger partial charge on any atom is 0.193 e. The average molecular weight is 398 g/mol. The zero-order valence-electron chi connectivity index (χ0n) is 18.3. The van der Waals surface area contributed by atoms with Crippen molar-refractivity contribution in [2.24, 2.45) is 12.0 Å². The van der Waals surface area contributed by atoms with Crippen molar-refractivity contribution < 1.29 is 4.74 Å².